The molecule has 0 amide bonds. The predicted molar refractivity (Wildman–Crippen MR) is 315 cm³/mol. The summed E-state index contributed by atoms with van der Waals surface area (Å²) in [7, 11) is 0. The summed E-state index contributed by atoms with van der Waals surface area (Å²) in [5, 5.41) is 0. The molecular formula is C68H86F6N4. The summed E-state index contributed by atoms with van der Waals surface area (Å²) < 4.78 is 75.3. The second kappa shape index (κ2) is 37.0. The minimum absolute atomic E-state index is 0.116. The third-order valence-electron chi connectivity index (χ3n) is 12.1. The van der Waals surface area contributed by atoms with Crippen molar-refractivity contribution >= 4 is 0 Å². The number of halogens is 6. The number of hydrogen-bond donors (Lipinski definition) is 0. The number of rotatable bonds is 0. The van der Waals surface area contributed by atoms with E-state index < -0.39 is 11.6 Å². The standard InChI is InChI=1S/C8H8F2.2C8H9F.C8H16.C8H10.2C7H8FN.2C7H9N/c1-5-3-4-6(2)8(10)7(5)9;2*1-6-3-4-7(2)8(9)5-6;2*1-7-3-5-8(2)6-4-7;2*1-5-3-4-6(2)9-7(5)8;2*1-6-3-4-7(2)8-5-6/h3-4H,1-2H3;2*3-5H,1-2H3;7-8H,3-6H2,1-2H3;3-6H,1-2H3;2*3-4H,1-2H3;2*3-5H,1-2H3. The van der Waals surface area contributed by atoms with Crippen molar-refractivity contribution in [3.05, 3.63) is 258 Å². The molecule has 1 aliphatic rings. The highest BCUT2D eigenvalue weighted by molar-refractivity contribution is 5.25. The number of hydrogen-bond acceptors (Lipinski definition) is 4. The Kier molecular flexibility index (Phi) is 32.7. The van der Waals surface area contributed by atoms with Gasteiger partial charge in [-0.2, -0.15) is 8.78 Å². The number of nitrogens with zero attached hydrogens (tertiary/aromatic N) is 4. The van der Waals surface area contributed by atoms with Crippen molar-refractivity contribution in [3.8, 4) is 0 Å². The highest BCUT2D eigenvalue weighted by Crippen LogP contribution is 2.27. The van der Waals surface area contributed by atoms with E-state index in [4.69, 9.17) is 0 Å². The van der Waals surface area contributed by atoms with Gasteiger partial charge >= 0.3 is 0 Å². The lowest BCUT2D eigenvalue weighted by Crippen LogP contribution is -2.08. The van der Waals surface area contributed by atoms with E-state index in [1.54, 1.807) is 90.1 Å². The van der Waals surface area contributed by atoms with Crippen LogP contribution in [0.2, 0.25) is 0 Å². The molecule has 4 aromatic carbocycles. The van der Waals surface area contributed by atoms with Gasteiger partial charge in [-0.25, -0.2) is 27.5 Å². The van der Waals surface area contributed by atoms with Gasteiger partial charge in [0.2, 0.25) is 11.9 Å². The van der Waals surface area contributed by atoms with E-state index >= 15 is 0 Å². The summed E-state index contributed by atoms with van der Waals surface area (Å²) in [6, 6.07) is 37.2. The van der Waals surface area contributed by atoms with Crippen LogP contribution >= 0.6 is 0 Å². The smallest absolute Gasteiger partial charge is 0.215 e. The summed E-state index contributed by atoms with van der Waals surface area (Å²) in [6.45, 7) is 34.2. The van der Waals surface area contributed by atoms with E-state index in [0.717, 1.165) is 45.7 Å². The molecule has 4 nitrogen and oxygen atoms in total. The van der Waals surface area contributed by atoms with Crippen LogP contribution < -0.4 is 0 Å². The van der Waals surface area contributed by atoms with Crippen LogP contribution in [0.1, 0.15) is 129 Å². The van der Waals surface area contributed by atoms with E-state index in [2.05, 4.69) is 84.0 Å². The Hall–Kier alpha value is -6.94. The van der Waals surface area contributed by atoms with Crippen LogP contribution in [0.4, 0.5) is 26.3 Å². The molecular weight excluding hydrogens is 987 g/mol. The SMILES string of the molecule is CC1CCC(C)CC1.Cc1ccc(C)c(F)c1.Cc1ccc(C)c(F)c1.Cc1ccc(C)c(F)c1F.Cc1ccc(C)c(F)n1.Cc1ccc(C)c(F)n1.Cc1ccc(C)cc1.Cc1ccc(C)nc1.Cc1ccc(C)nc1. The lowest BCUT2D eigenvalue weighted by Gasteiger charge is -2.22. The molecule has 1 fully saturated rings. The quantitative estimate of drug-likeness (QED) is 0.112. The Balaban J connectivity index is 0.000000439. The van der Waals surface area contributed by atoms with Gasteiger partial charge in [-0.15, -0.1) is 0 Å². The van der Waals surface area contributed by atoms with Gasteiger partial charge in [0, 0.05) is 46.3 Å². The van der Waals surface area contributed by atoms with Gasteiger partial charge in [0.15, 0.2) is 11.6 Å². The third kappa shape index (κ3) is 30.7. The second-order valence-electron chi connectivity index (χ2n) is 20.4. The molecule has 4 aromatic heterocycles. The Morgan fingerprint density at radius 1 is 0.295 bits per heavy atom. The van der Waals surface area contributed by atoms with Crippen molar-refractivity contribution in [1.82, 2.24) is 19.9 Å². The Morgan fingerprint density at radius 2 is 0.551 bits per heavy atom. The zero-order valence-corrected chi connectivity index (χ0v) is 49.7. The maximum absolute atomic E-state index is 12.6. The van der Waals surface area contributed by atoms with Crippen molar-refractivity contribution in [2.24, 2.45) is 11.8 Å². The number of benzene rings is 4. The van der Waals surface area contributed by atoms with Crippen molar-refractivity contribution < 1.29 is 26.3 Å². The molecule has 0 atom stereocenters. The molecule has 10 heteroatoms. The van der Waals surface area contributed by atoms with E-state index in [1.165, 1.54) is 73.9 Å². The highest BCUT2D eigenvalue weighted by atomic mass is 19.2. The maximum atomic E-state index is 12.6. The molecule has 0 saturated heterocycles. The summed E-state index contributed by atoms with van der Waals surface area (Å²) in [5.41, 5.74) is 13.9. The van der Waals surface area contributed by atoms with Crippen LogP contribution in [0.15, 0.2) is 134 Å². The van der Waals surface area contributed by atoms with Gasteiger partial charge in [0.25, 0.3) is 0 Å². The van der Waals surface area contributed by atoms with Crippen LogP contribution in [0.3, 0.4) is 0 Å². The normalized spacial score (nSPS) is 12.7. The second-order valence-corrected chi connectivity index (χ2v) is 20.4. The lowest BCUT2D eigenvalue weighted by molar-refractivity contribution is 0.308. The number of pyridine rings is 4. The van der Waals surface area contributed by atoms with Crippen molar-refractivity contribution in [3.63, 3.8) is 0 Å². The average molecular weight is 1070 g/mol. The van der Waals surface area contributed by atoms with Gasteiger partial charge in [-0.05, 0) is 204 Å². The van der Waals surface area contributed by atoms with Gasteiger partial charge < -0.3 is 0 Å². The van der Waals surface area contributed by atoms with Crippen molar-refractivity contribution in [1.29, 1.82) is 0 Å². The van der Waals surface area contributed by atoms with E-state index in [1.807, 2.05) is 78.2 Å². The molecule has 0 radical (unpaired) electrons. The van der Waals surface area contributed by atoms with E-state index in [9.17, 15) is 26.3 Å². The molecule has 0 aliphatic heterocycles. The summed E-state index contributed by atoms with van der Waals surface area (Å²) in [5.74, 6) is -0.396. The number of aryl methyl sites for hydroxylation is 16. The van der Waals surface area contributed by atoms with Gasteiger partial charge in [-0.3, -0.25) is 9.97 Å². The zero-order chi connectivity index (χ0) is 59.1. The van der Waals surface area contributed by atoms with E-state index in [0.29, 0.717) is 33.4 Å². The first kappa shape index (κ1) is 69.1. The van der Waals surface area contributed by atoms with Crippen LogP contribution in [-0.4, -0.2) is 19.9 Å². The third-order valence-corrected chi connectivity index (χ3v) is 12.1. The summed E-state index contributed by atoms with van der Waals surface area (Å²) in [6.07, 6.45) is 9.63. The Morgan fingerprint density at radius 3 is 0.782 bits per heavy atom. The van der Waals surface area contributed by atoms with Crippen LogP contribution in [0.25, 0.3) is 0 Å². The molecule has 1 saturated carbocycles. The van der Waals surface area contributed by atoms with Crippen LogP contribution in [0, 0.1) is 158 Å². The summed E-state index contributed by atoms with van der Waals surface area (Å²) >= 11 is 0. The molecule has 4 heterocycles. The van der Waals surface area contributed by atoms with Crippen molar-refractivity contribution in [2.45, 2.75) is 150 Å². The molecule has 420 valence electrons. The fourth-order valence-corrected chi connectivity index (χ4v) is 6.47. The predicted octanol–water partition coefficient (Wildman–Crippen LogP) is 19.7. The average Bonchev–Trinajstić information content (AvgIpc) is 3.39. The van der Waals surface area contributed by atoms with Crippen molar-refractivity contribution in [2.75, 3.05) is 0 Å². The van der Waals surface area contributed by atoms with Gasteiger partial charge in [-0.1, -0.05) is 136 Å². The molecule has 0 unspecified atom stereocenters. The molecule has 0 spiro atoms. The molecule has 78 heavy (non-hydrogen) atoms. The highest BCUT2D eigenvalue weighted by Gasteiger charge is 2.13. The van der Waals surface area contributed by atoms with Gasteiger partial charge in [0.1, 0.15) is 11.6 Å². The first-order chi connectivity index (χ1) is 36.6. The fraction of sp³-hybridized carbons (Fsp3) is 0.353. The van der Waals surface area contributed by atoms with E-state index in [-0.39, 0.29) is 23.5 Å². The maximum Gasteiger partial charge on any atom is 0.215 e. The molecule has 9 rings (SSSR count). The molecule has 0 N–H and O–H groups in total. The minimum atomic E-state index is -0.736. The van der Waals surface area contributed by atoms with Crippen LogP contribution in [0.5, 0.6) is 0 Å². The lowest BCUT2D eigenvalue weighted by atomic mass is 9.84. The first-order valence-corrected chi connectivity index (χ1v) is 26.5. The topological polar surface area (TPSA) is 51.6 Å². The summed E-state index contributed by atoms with van der Waals surface area (Å²) in [4.78, 5) is 15.4. The molecule has 1 aliphatic carbocycles. The first-order valence-electron chi connectivity index (χ1n) is 26.5. The molecule has 8 aromatic rings. The monoisotopic (exact) mass is 1070 g/mol. The van der Waals surface area contributed by atoms with Crippen LogP contribution in [-0.2, 0) is 0 Å². The fourth-order valence-electron chi connectivity index (χ4n) is 6.47. The zero-order valence-electron chi connectivity index (χ0n) is 49.7. The van der Waals surface area contributed by atoms with Gasteiger partial charge in [0.05, 0.1) is 0 Å². The molecule has 0 bridgehead atoms. The number of aromatic nitrogens is 4. The largest absolute Gasteiger partial charge is 0.261 e. The minimum Gasteiger partial charge on any atom is -0.261 e. The Bertz CT molecular complexity index is 2550. The Labute approximate surface area is 465 Å².